The molecule has 0 aliphatic rings. The zero-order chi connectivity index (χ0) is 33.2. The van der Waals surface area contributed by atoms with Crippen LogP contribution in [0.4, 0.5) is 0 Å². The zero-order valence-corrected chi connectivity index (χ0v) is 27.6. The van der Waals surface area contributed by atoms with Gasteiger partial charge in [-0.3, -0.25) is 0 Å². The van der Waals surface area contributed by atoms with Gasteiger partial charge in [-0.15, -0.1) is 0 Å². The Hall–Kier alpha value is -6.84. The van der Waals surface area contributed by atoms with E-state index in [0.29, 0.717) is 0 Å². The molecule has 0 atom stereocenters. The molecule has 0 N–H and O–H groups in total. The summed E-state index contributed by atoms with van der Waals surface area (Å²) in [6.45, 7) is 0. The standard InChI is InChI=1S/C48H29N3/c1-2-14-32-31(13-1)33-15-3-10-22-43(33)50-45-24-12-7-19-37(45)38-26-27-39-40-29-30(49-41-20-8-5-17-35(41)36-18-6-9-21-42(36)49)25-28-46(40)51(48(39)47(38)50)44-23-11-4-16-34(32)44/h1-29H. The third kappa shape index (κ3) is 3.47. The monoisotopic (exact) mass is 647 g/mol. The molecule has 0 bridgehead atoms. The molecule has 0 spiro atoms. The number of hydrogen-bond acceptors (Lipinski definition) is 0. The Morgan fingerprint density at radius 1 is 0.235 bits per heavy atom. The van der Waals surface area contributed by atoms with Gasteiger partial charge in [0.15, 0.2) is 0 Å². The van der Waals surface area contributed by atoms with E-state index in [9.17, 15) is 0 Å². The Bertz CT molecular complexity index is 3430. The predicted octanol–water partition coefficient (Wildman–Crippen LogP) is 12.8. The minimum Gasteiger partial charge on any atom is -0.309 e. The summed E-state index contributed by atoms with van der Waals surface area (Å²) >= 11 is 0. The van der Waals surface area contributed by atoms with E-state index in [0.717, 1.165) is 5.69 Å². The van der Waals surface area contributed by atoms with Crippen molar-refractivity contribution in [1.82, 2.24) is 13.4 Å². The SMILES string of the molecule is c1ccc2c(c1)c1ccccc1n1c3ccccc3c3ccc4c5cc(-n6c7ccccc7c7ccccc76)ccc5n(c5ccccc25)c4c31. The molecule has 0 fully saturated rings. The van der Waals surface area contributed by atoms with Gasteiger partial charge in [-0.25, -0.2) is 0 Å². The van der Waals surface area contributed by atoms with Crippen LogP contribution in [0.2, 0.25) is 0 Å². The molecule has 0 aliphatic carbocycles. The van der Waals surface area contributed by atoms with Crippen molar-refractivity contribution in [2.24, 2.45) is 0 Å². The minimum atomic E-state index is 1.16. The number of nitrogens with zero attached hydrogens (tertiary/aromatic N) is 3. The lowest BCUT2D eigenvalue weighted by atomic mass is 10.0. The predicted molar refractivity (Wildman–Crippen MR) is 217 cm³/mol. The number of hydrogen-bond donors (Lipinski definition) is 0. The molecule has 4 aromatic heterocycles. The van der Waals surface area contributed by atoms with Crippen LogP contribution in [0, 0.1) is 0 Å². The topological polar surface area (TPSA) is 13.8 Å². The van der Waals surface area contributed by atoms with E-state index in [4.69, 9.17) is 0 Å². The summed E-state index contributed by atoms with van der Waals surface area (Å²) in [5, 5.41) is 12.4. The van der Waals surface area contributed by atoms with Crippen molar-refractivity contribution in [3.63, 3.8) is 0 Å². The molecule has 0 saturated heterocycles. The molecule has 236 valence electrons. The Morgan fingerprint density at radius 3 is 1.04 bits per heavy atom. The summed E-state index contributed by atoms with van der Waals surface area (Å²) < 4.78 is 7.49. The summed E-state index contributed by atoms with van der Waals surface area (Å²) in [5.74, 6) is 0. The van der Waals surface area contributed by atoms with Crippen LogP contribution < -0.4 is 0 Å². The van der Waals surface area contributed by atoms with E-state index in [1.807, 2.05) is 0 Å². The smallest absolute Gasteiger partial charge is 0.0789 e. The summed E-state index contributed by atoms with van der Waals surface area (Å²) in [6.07, 6.45) is 0. The largest absolute Gasteiger partial charge is 0.309 e. The highest BCUT2D eigenvalue weighted by atomic mass is 15.0. The highest BCUT2D eigenvalue weighted by molar-refractivity contribution is 6.26. The van der Waals surface area contributed by atoms with Crippen molar-refractivity contribution in [3.05, 3.63) is 176 Å². The maximum atomic E-state index is 2.54. The van der Waals surface area contributed by atoms with Crippen LogP contribution in [0.15, 0.2) is 176 Å². The summed E-state index contributed by atoms with van der Waals surface area (Å²) in [6, 6.07) is 64.9. The van der Waals surface area contributed by atoms with E-state index >= 15 is 0 Å². The van der Waals surface area contributed by atoms with Gasteiger partial charge >= 0.3 is 0 Å². The van der Waals surface area contributed by atoms with Crippen LogP contribution >= 0.6 is 0 Å². The van der Waals surface area contributed by atoms with Gasteiger partial charge in [0.2, 0.25) is 0 Å². The first-order valence-corrected chi connectivity index (χ1v) is 17.6. The molecule has 3 heteroatoms. The fraction of sp³-hybridized carbons (Fsp3) is 0. The van der Waals surface area contributed by atoms with E-state index in [1.54, 1.807) is 0 Å². The molecule has 12 aromatic rings. The molecule has 0 saturated carbocycles. The lowest BCUT2D eigenvalue weighted by Gasteiger charge is -2.10. The molecule has 0 unspecified atom stereocenters. The van der Waals surface area contributed by atoms with Gasteiger partial charge in [-0.1, -0.05) is 127 Å². The average molecular weight is 648 g/mol. The fourth-order valence-corrected chi connectivity index (χ4v) is 9.12. The third-order valence-corrected chi connectivity index (χ3v) is 11.2. The Balaban J connectivity index is 1.39. The molecule has 0 amide bonds. The van der Waals surface area contributed by atoms with Crippen LogP contribution in [0.1, 0.15) is 0 Å². The molecule has 8 aromatic carbocycles. The molecule has 0 radical (unpaired) electrons. The molecule has 12 rings (SSSR count). The van der Waals surface area contributed by atoms with Gasteiger partial charge in [-0.05, 0) is 59.3 Å². The fourth-order valence-electron chi connectivity index (χ4n) is 9.12. The van der Waals surface area contributed by atoms with Crippen LogP contribution in [0.5, 0.6) is 0 Å². The Morgan fingerprint density at radius 2 is 0.569 bits per heavy atom. The molecular weight excluding hydrogens is 619 g/mol. The van der Waals surface area contributed by atoms with Crippen molar-refractivity contribution in [3.8, 4) is 5.69 Å². The summed E-state index contributed by atoms with van der Waals surface area (Å²) in [4.78, 5) is 0. The normalized spacial score (nSPS) is 12.3. The van der Waals surface area contributed by atoms with Crippen molar-refractivity contribution < 1.29 is 0 Å². The van der Waals surface area contributed by atoms with Gasteiger partial charge in [0.05, 0.1) is 44.1 Å². The maximum absolute atomic E-state index is 2.54. The number of benzene rings is 8. The van der Waals surface area contributed by atoms with Crippen LogP contribution in [-0.2, 0) is 0 Å². The molecule has 4 heterocycles. The molecule has 3 nitrogen and oxygen atoms in total. The van der Waals surface area contributed by atoms with Gasteiger partial charge in [0.1, 0.15) is 0 Å². The van der Waals surface area contributed by atoms with Crippen molar-refractivity contribution in [1.29, 1.82) is 0 Å². The minimum absolute atomic E-state index is 1.16. The van der Waals surface area contributed by atoms with Crippen LogP contribution in [0.25, 0.3) is 104 Å². The van der Waals surface area contributed by atoms with Gasteiger partial charge in [0, 0.05) is 48.8 Å². The highest BCUT2D eigenvalue weighted by Crippen LogP contribution is 2.42. The van der Waals surface area contributed by atoms with Gasteiger partial charge < -0.3 is 13.4 Å². The Kier molecular flexibility index (Phi) is 5.23. The second-order valence-electron chi connectivity index (χ2n) is 13.7. The zero-order valence-electron chi connectivity index (χ0n) is 27.6. The number of rotatable bonds is 1. The maximum Gasteiger partial charge on any atom is 0.0789 e. The quantitative estimate of drug-likeness (QED) is 0.168. The number of aromatic nitrogens is 3. The second kappa shape index (κ2) is 9.87. The van der Waals surface area contributed by atoms with E-state index in [-0.39, 0.29) is 0 Å². The first-order valence-electron chi connectivity index (χ1n) is 17.6. The van der Waals surface area contributed by atoms with E-state index in [2.05, 4.69) is 189 Å². The van der Waals surface area contributed by atoms with Gasteiger partial charge in [-0.2, -0.15) is 0 Å². The summed E-state index contributed by atoms with van der Waals surface area (Å²) in [5.41, 5.74) is 10.8. The van der Waals surface area contributed by atoms with Crippen molar-refractivity contribution >= 4 is 98.0 Å². The molecule has 51 heavy (non-hydrogen) atoms. The van der Waals surface area contributed by atoms with E-state index < -0.39 is 0 Å². The van der Waals surface area contributed by atoms with Crippen LogP contribution in [-0.4, -0.2) is 13.4 Å². The summed E-state index contributed by atoms with van der Waals surface area (Å²) in [7, 11) is 0. The Labute approximate surface area is 292 Å². The van der Waals surface area contributed by atoms with Gasteiger partial charge in [0.25, 0.3) is 0 Å². The van der Waals surface area contributed by atoms with Crippen molar-refractivity contribution in [2.75, 3.05) is 0 Å². The highest BCUT2D eigenvalue weighted by Gasteiger charge is 2.21. The second-order valence-corrected chi connectivity index (χ2v) is 13.7. The van der Waals surface area contributed by atoms with Crippen LogP contribution in [0.3, 0.4) is 0 Å². The lowest BCUT2D eigenvalue weighted by Crippen LogP contribution is -1.94. The number of para-hydroxylation sites is 5. The lowest BCUT2D eigenvalue weighted by molar-refractivity contribution is 1.18. The van der Waals surface area contributed by atoms with E-state index in [1.165, 1.54) is 98.0 Å². The average Bonchev–Trinajstić information content (AvgIpc) is 3.83. The number of fused-ring (bicyclic) bond motifs is 16. The first-order chi connectivity index (χ1) is 25.3. The molecule has 0 aliphatic heterocycles. The first kappa shape index (κ1) is 27.0. The molecular formula is C48H29N3. The van der Waals surface area contributed by atoms with Crippen molar-refractivity contribution in [2.45, 2.75) is 0 Å². The third-order valence-electron chi connectivity index (χ3n) is 11.2.